The third-order valence-electron chi connectivity index (χ3n) is 1.52. The monoisotopic (exact) mass is 216 g/mol. The predicted molar refractivity (Wildman–Crippen MR) is 44.3 cm³/mol. The van der Waals surface area contributed by atoms with Gasteiger partial charge >= 0.3 is 0 Å². The Morgan fingerprint density at radius 1 is 1.64 bits per heavy atom. The standard InChI is InChI=1S/C8H3ClF2N2O/c9-6-4(3-14)2-13-7(8(10)11)5(6)1-12/h2-3,8H. The Bertz CT molecular complexity index is 415. The molecule has 14 heavy (non-hydrogen) atoms. The Hall–Kier alpha value is -1.54. The van der Waals surface area contributed by atoms with Crippen LogP contribution in [0.1, 0.15) is 28.0 Å². The molecule has 0 aliphatic rings. The molecule has 0 amide bonds. The van der Waals surface area contributed by atoms with Crippen LogP contribution in [0.15, 0.2) is 6.20 Å². The highest BCUT2D eigenvalue weighted by molar-refractivity contribution is 6.34. The molecule has 0 radical (unpaired) electrons. The average Bonchev–Trinajstić information content (AvgIpc) is 2.17. The maximum atomic E-state index is 12.3. The summed E-state index contributed by atoms with van der Waals surface area (Å²) in [7, 11) is 0. The lowest BCUT2D eigenvalue weighted by molar-refractivity contribution is 0.112. The fraction of sp³-hybridized carbons (Fsp3) is 0.125. The minimum Gasteiger partial charge on any atom is -0.298 e. The Morgan fingerprint density at radius 2 is 2.29 bits per heavy atom. The lowest BCUT2D eigenvalue weighted by atomic mass is 10.1. The summed E-state index contributed by atoms with van der Waals surface area (Å²) in [5.74, 6) is 0. The summed E-state index contributed by atoms with van der Waals surface area (Å²) < 4.78 is 24.5. The second-order valence-electron chi connectivity index (χ2n) is 2.32. The van der Waals surface area contributed by atoms with Gasteiger partial charge in [-0.3, -0.25) is 9.78 Å². The van der Waals surface area contributed by atoms with Crippen LogP contribution in [0.2, 0.25) is 5.02 Å². The van der Waals surface area contributed by atoms with E-state index in [1.165, 1.54) is 6.07 Å². The van der Waals surface area contributed by atoms with Gasteiger partial charge in [0, 0.05) is 6.20 Å². The molecule has 0 spiro atoms. The zero-order chi connectivity index (χ0) is 10.7. The Labute approximate surface area is 82.9 Å². The van der Waals surface area contributed by atoms with E-state index in [9.17, 15) is 13.6 Å². The van der Waals surface area contributed by atoms with Crippen molar-refractivity contribution in [3.63, 3.8) is 0 Å². The van der Waals surface area contributed by atoms with E-state index in [0.717, 1.165) is 6.20 Å². The van der Waals surface area contributed by atoms with Crippen molar-refractivity contribution in [1.29, 1.82) is 5.26 Å². The molecule has 0 aliphatic carbocycles. The lowest BCUT2D eigenvalue weighted by Gasteiger charge is -2.04. The highest BCUT2D eigenvalue weighted by Gasteiger charge is 2.19. The van der Waals surface area contributed by atoms with Crippen molar-refractivity contribution in [2.45, 2.75) is 6.43 Å². The van der Waals surface area contributed by atoms with Gasteiger partial charge in [-0.2, -0.15) is 5.26 Å². The number of alkyl halides is 2. The van der Waals surface area contributed by atoms with Crippen LogP contribution in [-0.4, -0.2) is 11.3 Å². The summed E-state index contributed by atoms with van der Waals surface area (Å²) in [5.41, 5.74) is -1.23. The lowest BCUT2D eigenvalue weighted by Crippen LogP contribution is -1.99. The topological polar surface area (TPSA) is 53.8 Å². The molecule has 0 N–H and O–H groups in total. The van der Waals surface area contributed by atoms with Crippen molar-refractivity contribution in [1.82, 2.24) is 4.98 Å². The van der Waals surface area contributed by atoms with Crippen molar-refractivity contribution in [2.75, 3.05) is 0 Å². The average molecular weight is 217 g/mol. The number of aromatic nitrogens is 1. The minimum absolute atomic E-state index is 0.0763. The fourth-order valence-electron chi connectivity index (χ4n) is 0.871. The van der Waals surface area contributed by atoms with Crippen LogP contribution >= 0.6 is 11.6 Å². The second-order valence-corrected chi connectivity index (χ2v) is 2.70. The predicted octanol–water partition coefficient (Wildman–Crippen LogP) is 2.36. The van der Waals surface area contributed by atoms with Crippen LogP contribution in [0.5, 0.6) is 0 Å². The van der Waals surface area contributed by atoms with Crippen LogP contribution in [0, 0.1) is 11.3 Å². The van der Waals surface area contributed by atoms with Gasteiger partial charge in [-0.25, -0.2) is 8.78 Å². The zero-order valence-corrected chi connectivity index (χ0v) is 7.42. The van der Waals surface area contributed by atoms with E-state index >= 15 is 0 Å². The molecule has 1 heterocycles. The van der Waals surface area contributed by atoms with Gasteiger partial charge in [0.15, 0.2) is 6.29 Å². The molecule has 0 unspecified atom stereocenters. The van der Waals surface area contributed by atoms with Crippen LogP contribution < -0.4 is 0 Å². The summed E-state index contributed by atoms with van der Waals surface area (Å²) in [6.07, 6.45) is -1.62. The van der Waals surface area contributed by atoms with Gasteiger partial charge < -0.3 is 0 Å². The van der Waals surface area contributed by atoms with Crippen molar-refractivity contribution < 1.29 is 13.6 Å². The normalized spacial score (nSPS) is 9.93. The van der Waals surface area contributed by atoms with E-state index in [-0.39, 0.29) is 10.6 Å². The highest BCUT2D eigenvalue weighted by Crippen LogP contribution is 2.27. The van der Waals surface area contributed by atoms with E-state index < -0.39 is 17.7 Å². The van der Waals surface area contributed by atoms with Gasteiger partial charge in [-0.05, 0) is 0 Å². The number of hydrogen-bond donors (Lipinski definition) is 0. The smallest absolute Gasteiger partial charge is 0.281 e. The molecule has 72 valence electrons. The molecule has 1 aromatic rings. The number of hydrogen-bond acceptors (Lipinski definition) is 3. The minimum atomic E-state index is -2.89. The molecule has 0 saturated carbocycles. The second kappa shape index (κ2) is 4.11. The third-order valence-corrected chi connectivity index (χ3v) is 1.92. The van der Waals surface area contributed by atoms with Crippen LogP contribution in [0.4, 0.5) is 8.78 Å². The number of carbonyl (C=O) groups is 1. The molecule has 3 nitrogen and oxygen atoms in total. The Kier molecular flexibility index (Phi) is 3.10. The van der Waals surface area contributed by atoms with Crippen LogP contribution in [-0.2, 0) is 0 Å². The summed E-state index contributed by atoms with van der Waals surface area (Å²) >= 11 is 5.53. The number of carbonyl (C=O) groups excluding carboxylic acids is 1. The molecule has 6 heteroatoms. The number of rotatable bonds is 2. The Balaban J connectivity index is 3.45. The number of nitriles is 1. The third kappa shape index (κ3) is 1.70. The molecule has 0 bridgehead atoms. The van der Waals surface area contributed by atoms with Crippen LogP contribution in [0.25, 0.3) is 0 Å². The van der Waals surface area contributed by atoms with E-state index in [2.05, 4.69) is 4.98 Å². The molecule has 0 aliphatic heterocycles. The number of nitrogens with zero attached hydrogens (tertiary/aromatic N) is 2. The van der Waals surface area contributed by atoms with Gasteiger partial charge in [-0.1, -0.05) is 11.6 Å². The van der Waals surface area contributed by atoms with Crippen LogP contribution in [0.3, 0.4) is 0 Å². The zero-order valence-electron chi connectivity index (χ0n) is 6.67. The summed E-state index contributed by atoms with van der Waals surface area (Å²) in [6, 6.07) is 1.49. The summed E-state index contributed by atoms with van der Waals surface area (Å²) in [5, 5.41) is 8.26. The number of aldehydes is 1. The first-order chi connectivity index (χ1) is 6.61. The molecule has 1 aromatic heterocycles. The molecule has 0 atom stereocenters. The van der Waals surface area contributed by atoms with E-state index in [1.54, 1.807) is 0 Å². The van der Waals surface area contributed by atoms with E-state index in [1.807, 2.05) is 0 Å². The van der Waals surface area contributed by atoms with E-state index in [4.69, 9.17) is 16.9 Å². The molecular formula is C8H3ClF2N2O. The van der Waals surface area contributed by atoms with Crippen molar-refractivity contribution in [3.8, 4) is 6.07 Å². The number of halogens is 3. The van der Waals surface area contributed by atoms with Gasteiger partial charge in [0.25, 0.3) is 6.43 Å². The first kappa shape index (κ1) is 10.5. The van der Waals surface area contributed by atoms with Gasteiger partial charge in [-0.15, -0.1) is 0 Å². The number of pyridine rings is 1. The van der Waals surface area contributed by atoms with Gasteiger partial charge in [0.2, 0.25) is 0 Å². The largest absolute Gasteiger partial charge is 0.298 e. The quantitative estimate of drug-likeness (QED) is 0.713. The molecular weight excluding hydrogens is 214 g/mol. The van der Waals surface area contributed by atoms with Crippen molar-refractivity contribution >= 4 is 17.9 Å². The summed E-state index contributed by atoms with van der Waals surface area (Å²) in [4.78, 5) is 13.6. The van der Waals surface area contributed by atoms with Crippen molar-refractivity contribution in [3.05, 3.63) is 28.0 Å². The highest BCUT2D eigenvalue weighted by atomic mass is 35.5. The van der Waals surface area contributed by atoms with Gasteiger partial charge in [0.05, 0.1) is 16.1 Å². The summed E-state index contributed by atoms with van der Waals surface area (Å²) in [6.45, 7) is 0. The van der Waals surface area contributed by atoms with Gasteiger partial charge in [0.1, 0.15) is 11.8 Å². The maximum absolute atomic E-state index is 12.3. The van der Waals surface area contributed by atoms with Crippen molar-refractivity contribution in [2.24, 2.45) is 0 Å². The first-order valence-corrected chi connectivity index (χ1v) is 3.81. The molecule has 0 fully saturated rings. The molecule has 0 saturated heterocycles. The van der Waals surface area contributed by atoms with E-state index in [0.29, 0.717) is 6.29 Å². The first-order valence-electron chi connectivity index (χ1n) is 3.43. The molecule has 1 rings (SSSR count). The fourth-order valence-corrected chi connectivity index (χ4v) is 1.10. The Morgan fingerprint density at radius 3 is 2.71 bits per heavy atom. The SMILES string of the molecule is N#Cc1c(C(F)F)ncc(C=O)c1Cl. The maximum Gasteiger partial charge on any atom is 0.281 e. The molecule has 0 aromatic carbocycles.